The fourth-order valence-electron chi connectivity index (χ4n) is 1.37. The number of thiophene rings is 1. The molecule has 0 saturated carbocycles. The van der Waals surface area contributed by atoms with Gasteiger partial charge in [-0.05, 0) is 31.9 Å². The zero-order valence-electron chi connectivity index (χ0n) is 10.8. The summed E-state index contributed by atoms with van der Waals surface area (Å²) in [5.41, 5.74) is -1.24. The van der Waals surface area contributed by atoms with Crippen molar-refractivity contribution in [2.24, 2.45) is 0 Å². The molecule has 0 fully saturated rings. The molecular formula is C12H17ClN2O3S. The van der Waals surface area contributed by atoms with Gasteiger partial charge in [-0.3, -0.25) is 0 Å². The summed E-state index contributed by atoms with van der Waals surface area (Å²) in [6.07, 6.45) is 0.983. The van der Waals surface area contributed by atoms with E-state index in [1.165, 1.54) is 18.3 Å². The van der Waals surface area contributed by atoms with Crippen molar-refractivity contribution in [1.29, 1.82) is 0 Å². The van der Waals surface area contributed by atoms with Gasteiger partial charge in [-0.1, -0.05) is 18.5 Å². The first-order chi connectivity index (χ1) is 8.87. The average molecular weight is 305 g/mol. The van der Waals surface area contributed by atoms with Crippen LogP contribution in [0.15, 0.2) is 12.1 Å². The van der Waals surface area contributed by atoms with Crippen LogP contribution in [0.3, 0.4) is 0 Å². The predicted octanol–water partition coefficient (Wildman–Crippen LogP) is 2.50. The van der Waals surface area contributed by atoms with E-state index in [1.807, 2.05) is 6.07 Å². The number of carboxylic acid groups (broad SMARTS) is 1. The SMILES string of the molecule is CCC(C)(NC(=O)NCCc1ccc(Cl)s1)C(=O)O. The summed E-state index contributed by atoms with van der Waals surface area (Å²) in [5, 5.41) is 14.1. The molecule has 1 rings (SSSR count). The van der Waals surface area contributed by atoms with Crippen LogP contribution in [-0.2, 0) is 11.2 Å². The summed E-state index contributed by atoms with van der Waals surface area (Å²) in [6, 6.07) is 3.23. The quantitative estimate of drug-likeness (QED) is 0.755. The standard InChI is InChI=1S/C12H17ClN2O3S/c1-3-12(2,10(16)17)15-11(18)14-7-6-8-4-5-9(13)19-8/h4-5H,3,6-7H2,1-2H3,(H,16,17)(H2,14,15,18). The minimum absolute atomic E-state index is 0.316. The summed E-state index contributed by atoms with van der Waals surface area (Å²) in [4.78, 5) is 23.7. The lowest BCUT2D eigenvalue weighted by Crippen LogP contribution is -2.55. The molecule has 106 valence electrons. The maximum absolute atomic E-state index is 11.6. The Hall–Kier alpha value is -1.27. The molecule has 3 N–H and O–H groups in total. The highest BCUT2D eigenvalue weighted by Crippen LogP contribution is 2.21. The smallest absolute Gasteiger partial charge is 0.329 e. The fraction of sp³-hybridized carbons (Fsp3) is 0.500. The van der Waals surface area contributed by atoms with Crippen molar-refractivity contribution in [3.05, 3.63) is 21.3 Å². The minimum atomic E-state index is -1.24. The molecule has 19 heavy (non-hydrogen) atoms. The van der Waals surface area contributed by atoms with E-state index in [0.717, 1.165) is 4.88 Å². The molecule has 0 aliphatic rings. The van der Waals surface area contributed by atoms with Gasteiger partial charge in [0.25, 0.3) is 0 Å². The minimum Gasteiger partial charge on any atom is -0.480 e. The number of halogens is 1. The lowest BCUT2D eigenvalue weighted by atomic mass is 10.00. The number of carbonyl (C=O) groups is 2. The van der Waals surface area contributed by atoms with Crippen molar-refractivity contribution >= 4 is 34.9 Å². The maximum atomic E-state index is 11.6. The third kappa shape index (κ3) is 4.72. The van der Waals surface area contributed by atoms with E-state index in [-0.39, 0.29) is 0 Å². The van der Waals surface area contributed by atoms with Gasteiger partial charge in [0.15, 0.2) is 0 Å². The fourth-order valence-corrected chi connectivity index (χ4v) is 2.46. The number of amides is 2. The third-order valence-corrected chi connectivity index (χ3v) is 4.15. The third-order valence-electron chi connectivity index (χ3n) is 2.85. The van der Waals surface area contributed by atoms with E-state index in [9.17, 15) is 9.59 Å². The highest BCUT2D eigenvalue weighted by Gasteiger charge is 2.32. The van der Waals surface area contributed by atoms with Gasteiger partial charge in [0, 0.05) is 11.4 Å². The van der Waals surface area contributed by atoms with E-state index >= 15 is 0 Å². The van der Waals surface area contributed by atoms with E-state index in [2.05, 4.69) is 10.6 Å². The average Bonchev–Trinajstić information content (AvgIpc) is 2.74. The Morgan fingerprint density at radius 3 is 2.63 bits per heavy atom. The number of carbonyl (C=O) groups excluding carboxylic acids is 1. The van der Waals surface area contributed by atoms with Crippen LogP contribution >= 0.6 is 22.9 Å². The molecule has 5 nitrogen and oxygen atoms in total. The maximum Gasteiger partial charge on any atom is 0.329 e. The summed E-state index contributed by atoms with van der Waals surface area (Å²) >= 11 is 7.26. The number of carboxylic acids is 1. The summed E-state index contributed by atoms with van der Waals surface area (Å²) in [6.45, 7) is 3.62. The van der Waals surface area contributed by atoms with Crippen LogP contribution < -0.4 is 10.6 Å². The first kappa shape index (κ1) is 15.8. The van der Waals surface area contributed by atoms with Crippen LogP contribution in [0.2, 0.25) is 4.34 Å². The van der Waals surface area contributed by atoms with Gasteiger partial charge < -0.3 is 15.7 Å². The zero-order valence-corrected chi connectivity index (χ0v) is 12.4. The van der Waals surface area contributed by atoms with Crippen molar-refractivity contribution in [2.45, 2.75) is 32.2 Å². The van der Waals surface area contributed by atoms with Crippen molar-refractivity contribution in [3.63, 3.8) is 0 Å². The Morgan fingerprint density at radius 2 is 2.16 bits per heavy atom. The van der Waals surface area contributed by atoms with E-state index in [4.69, 9.17) is 16.7 Å². The number of hydrogen-bond donors (Lipinski definition) is 3. The molecular weight excluding hydrogens is 288 g/mol. The molecule has 1 aromatic rings. The van der Waals surface area contributed by atoms with Gasteiger partial charge in [0.1, 0.15) is 5.54 Å². The second-order valence-corrected chi connectivity index (χ2v) is 6.13. The normalized spacial score (nSPS) is 13.6. The lowest BCUT2D eigenvalue weighted by molar-refractivity contribution is -0.143. The van der Waals surface area contributed by atoms with Crippen molar-refractivity contribution in [2.75, 3.05) is 6.54 Å². The van der Waals surface area contributed by atoms with Gasteiger partial charge in [-0.2, -0.15) is 0 Å². The van der Waals surface area contributed by atoms with Crippen LogP contribution in [0.25, 0.3) is 0 Å². The van der Waals surface area contributed by atoms with Crippen LogP contribution in [-0.4, -0.2) is 29.2 Å². The molecule has 0 aromatic carbocycles. The van der Waals surface area contributed by atoms with Gasteiger partial charge in [0.05, 0.1) is 4.34 Å². The van der Waals surface area contributed by atoms with Gasteiger partial charge >= 0.3 is 12.0 Å². The molecule has 1 heterocycles. The van der Waals surface area contributed by atoms with Gasteiger partial charge in [0.2, 0.25) is 0 Å². The van der Waals surface area contributed by atoms with Crippen LogP contribution in [0.4, 0.5) is 4.79 Å². The van der Waals surface area contributed by atoms with Crippen molar-refractivity contribution in [1.82, 2.24) is 10.6 Å². The summed E-state index contributed by atoms with van der Waals surface area (Å²) < 4.78 is 0.712. The number of nitrogens with one attached hydrogen (secondary N) is 2. The second-order valence-electron chi connectivity index (χ2n) is 4.33. The monoisotopic (exact) mass is 304 g/mol. The molecule has 0 bridgehead atoms. The molecule has 0 saturated heterocycles. The largest absolute Gasteiger partial charge is 0.480 e. The molecule has 1 atom stereocenters. The Bertz CT molecular complexity index is 464. The topological polar surface area (TPSA) is 78.4 Å². The van der Waals surface area contributed by atoms with Crippen LogP contribution in [0.5, 0.6) is 0 Å². The van der Waals surface area contributed by atoms with Gasteiger partial charge in [-0.25, -0.2) is 9.59 Å². The molecule has 0 radical (unpaired) electrons. The predicted molar refractivity (Wildman–Crippen MR) is 75.9 cm³/mol. The second kappa shape index (κ2) is 6.77. The highest BCUT2D eigenvalue weighted by atomic mass is 35.5. The lowest BCUT2D eigenvalue weighted by Gasteiger charge is -2.24. The molecule has 0 aliphatic heterocycles. The molecule has 0 aliphatic carbocycles. The van der Waals surface area contributed by atoms with E-state index in [0.29, 0.717) is 23.7 Å². The highest BCUT2D eigenvalue weighted by molar-refractivity contribution is 7.16. The first-order valence-corrected chi connectivity index (χ1v) is 7.10. The Labute approximate surface area is 121 Å². The Morgan fingerprint density at radius 1 is 1.47 bits per heavy atom. The molecule has 1 aromatic heterocycles. The van der Waals surface area contributed by atoms with E-state index in [1.54, 1.807) is 13.0 Å². The first-order valence-electron chi connectivity index (χ1n) is 5.91. The van der Waals surface area contributed by atoms with Crippen molar-refractivity contribution < 1.29 is 14.7 Å². The Balaban J connectivity index is 2.37. The molecule has 7 heteroatoms. The molecule has 2 amide bonds. The van der Waals surface area contributed by atoms with Crippen molar-refractivity contribution in [3.8, 4) is 0 Å². The molecule has 0 spiro atoms. The Kier molecular flexibility index (Phi) is 5.62. The molecule has 1 unspecified atom stereocenters. The van der Waals surface area contributed by atoms with Crippen LogP contribution in [0.1, 0.15) is 25.1 Å². The van der Waals surface area contributed by atoms with E-state index < -0.39 is 17.5 Å². The van der Waals surface area contributed by atoms with Crippen LogP contribution in [0, 0.1) is 0 Å². The number of urea groups is 1. The van der Waals surface area contributed by atoms with Gasteiger partial charge in [-0.15, -0.1) is 11.3 Å². The number of hydrogen-bond acceptors (Lipinski definition) is 3. The zero-order chi connectivity index (χ0) is 14.5. The number of aliphatic carboxylic acids is 1. The number of rotatable bonds is 6. The summed E-state index contributed by atoms with van der Waals surface area (Å²) in [5.74, 6) is -1.05. The summed E-state index contributed by atoms with van der Waals surface area (Å²) in [7, 11) is 0.